The van der Waals surface area contributed by atoms with Gasteiger partial charge in [0.15, 0.2) is 0 Å². The highest BCUT2D eigenvalue weighted by molar-refractivity contribution is 5.69. The molecule has 108 valence electrons. The second-order valence-corrected chi connectivity index (χ2v) is 7.23. The number of carbonyl (C=O) groups excluding carboxylic acids is 1. The summed E-state index contributed by atoms with van der Waals surface area (Å²) in [6.07, 6.45) is 7.26. The molecule has 0 aromatic carbocycles. The monoisotopic (exact) mass is 265 g/mol. The average molecular weight is 265 g/mol. The Hall–Kier alpha value is -0.830. The summed E-state index contributed by atoms with van der Waals surface area (Å²) in [5.74, 6) is -1.31. The lowest BCUT2D eigenvalue weighted by Gasteiger charge is -2.43. The van der Waals surface area contributed by atoms with Crippen molar-refractivity contribution in [2.45, 2.75) is 52.6 Å². The van der Waals surface area contributed by atoms with Crippen LogP contribution < -0.4 is 5.11 Å². The van der Waals surface area contributed by atoms with Gasteiger partial charge in [0.05, 0.1) is 12.2 Å². The number of carboxylic acids is 1. The summed E-state index contributed by atoms with van der Waals surface area (Å²) in [6.45, 7) is 8.85. The van der Waals surface area contributed by atoms with Crippen molar-refractivity contribution >= 4 is 5.97 Å². The molecular formula is C16H25O3-. The summed E-state index contributed by atoms with van der Waals surface area (Å²) in [7, 11) is 0. The van der Waals surface area contributed by atoms with E-state index in [1.807, 2.05) is 13.8 Å². The van der Waals surface area contributed by atoms with Crippen LogP contribution in [0.15, 0.2) is 12.2 Å². The van der Waals surface area contributed by atoms with E-state index in [9.17, 15) is 9.90 Å². The molecule has 1 aliphatic heterocycles. The van der Waals surface area contributed by atoms with Crippen LogP contribution in [0.1, 0.15) is 47.0 Å². The van der Waals surface area contributed by atoms with Gasteiger partial charge in [-0.05, 0) is 44.4 Å². The molecule has 0 saturated carbocycles. The first kappa shape index (κ1) is 14.6. The van der Waals surface area contributed by atoms with Gasteiger partial charge in [-0.2, -0.15) is 0 Å². The predicted molar refractivity (Wildman–Crippen MR) is 72.3 cm³/mol. The van der Waals surface area contributed by atoms with Crippen LogP contribution in [0.25, 0.3) is 0 Å². The Balaban J connectivity index is 2.35. The third kappa shape index (κ3) is 2.71. The van der Waals surface area contributed by atoms with Gasteiger partial charge in [0, 0.05) is 17.8 Å². The van der Waals surface area contributed by atoms with Crippen LogP contribution in [-0.4, -0.2) is 18.2 Å². The van der Waals surface area contributed by atoms with Gasteiger partial charge in [-0.15, -0.1) is 0 Å². The number of hydrogen-bond donors (Lipinski definition) is 0. The number of allylic oxidation sites excluding steroid dienone is 2. The maximum Gasteiger partial charge on any atom is 0.0667 e. The predicted octanol–water partition coefficient (Wildman–Crippen LogP) is 2.16. The van der Waals surface area contributed by atoms with Crippen molar-refractivity contribution in [3.63, 3.8) is 0 Å². The third-order valence-corrected chi connectivity index (χ3v) is 4.79. The lowest BCUT2D eigenvalue weighted by atomic mass is 9.62. The van der Waals surface area contributed by atoms with Gasteiger partial charge >= 0.3 is 0 Å². The fraction of sp³-hybridized carbons (Fsp3) is 0.812. The summed E-state index contributed by atoms with van der Waals surface area (Å²) in [6, 6.07) is 0. The molecule has 3 atom stereocenters. The molecule has 3 nitrogen and oxygen atoms in total. The second kappa shape index (κ2) is 4.93. The zero-order valence-corrected chi connectivity index (χ0v) is 12.4. The molecule has 2 rings (SSSR count). The topological polar surface area (TPSA) is 49.4 Å². The Morgan fingerprint density at radius 3 is 2.47 bits per heavy atom. The Morgan fingerprint density at radius 1 is 1.37 bits per heavy atom. The molecule has 0 N–H and O–H groups in total. The average Bonchev–Trinajstić information content (AvgIpc) is 2.54. The molecule has 1 heterocycles. The van der Waals surface area contributed by atoms with Crippen molar-refractivity contribution in [1.82, 2.24) is 0 Å². The zero-order valence-electron chi connectivity index (χ0n) is 12.4. The fourth-order valence-corrected chi connectivity index (χ4v) is 4.11. The van der Waals surface area contributed by atoms with E-state index in [4.69, 9.17) is 4.74 Å². The molecule has 19 heavy (non-hydrogen) atoms. The van der Waals surface area contributed by atoms with Crippen molar-refractivity contribution in [2.24, 2.45) is 23.2 Å². The summed E-state index contributed by atoms with van der Waals surface area (Å²) < 4.78 is 5.87. The lowest BCUT2D eigenvalue weighted by molar-refractivity contribution is -0.317. The van der Waals surface area contributed by atoms with Crippen LogP contribution in [0.3, 0.4) is 0 Å². The highest BCUT2D eigenvalue weighted by Crippen LogP contribution is 2.51. The first-order valence-corrected chi connectivity index (χ1v) is 7.27. The van der Waals surface area contributed by atoms with Gasteiger partial charge < -0.3 is 14.6 Å². The maximum absolute atomic E-state index is 11.8. The Bertz CT molecular complexity index is 365. The second-order valence-electron chi connectivity index (χ2n) is 7.23. The largest absolute Gasteiger partial charge is 0.550 e. The quantitative estimate of drug-likeness (QED) is 0.735. The number of carbonyl (C=O) groups is 1. The van der Waals surface area contributed by atoms with Gasteiger partial charge in [0.2, 0.25) is 0 Å². The van der Waals surface area contributed by atoms with Gasteiger partial charge in [-0.25, -0.2) is 0 Å². The van der Waals surface area contributed by atoms with Crippen molar-refractivity contribution in [3.05, 3.63) is 12.2 Å². The van der Waals surface area contributed by atoms with Crippen LogP contribution in [0, 0.1) is 23.2 Å². The molecule has 0 bridgehead atoms. The van der Waals surface area contributed by atoms with Crippen LogP contribution >= 0.6 is 0 Å². The molecular weight excluding hydrogens is 240 g/mol. The first-order chi connectivity index (χ1) is 8.76. The van der Waals surface area contributed by atoms with E-state index < -0.39 is 17.5 Å². The van der Waals surface area contributed by atoms with Crippen LogP contribution in [0.2, 0.25) is 0 Å². The van der Waals surface area contributed by atoms with E-state index >= 15 is 0 Å². The summed E-state index contributed by atoms with van der Waals surface area (Å²) >= 11 is 0. The fourth-order valence-electron chi connectivity index (χ4n) is 4.11. The number of rotatable bonds is 3. The molecule has 2 aliphatic rings. The van der Waals surface area contributed by atoms with Gasteiger partial charge in [0.25, 0.3) is 0 Å². The molecule has 3 heteroatoms. The van der Waals surface area contributed by atoms with Gasteiger partial charge in [0.1, 0.15) is 0 Å². The maximum atomic E-state index is 11.8. The molecule has 1 aliphatic carbocycles. The van der Waals surface area contributed by atoms with E-state index in [2.05, 4.69) is 26.0 Å². The van der Waals surface area contributed by atoms with E-state index in [1.165, 1.54) is 0 Å². The van der Waals surface area contributed by atoms with Crippen molar-refractivity contribution in [2.75, 3.05) is 6.61 Å². The summed E-state index contributed by atoms with van der Waals surface area (Å²) in [5.41, 5.74) is -0.529. The number of carboxylic acid groups (broad SMARTS) is 1. The Kier molecular flexibility index (Phi) is 3.78. The molecule has 3 unspecified atom stereocenters. The normalized spacial score (nSPS) is 34.1. The third-order valence-electron chi connectivity index (χ3n) is 4.79. The van der Waals surface area contributed by atoms with E-state index in [0.29, 0.717) is 6.61 Å². The molecule has 1 fully saturated rings. The molecule has 0 aromatic rings. The van der Waals surface area contributed by atoms with E-state index in [1.54, 1.807) is 0 Å². The molecule has 0 amide bonds. The summed E-state index contributed by atoms with van der Waals surface area (Å²) in [4.78, 5) is 11.8. The van der Waals surface area contributed by atoms with E-state index in [-0.39, 0.29) is 17.3 Å². The SMILES string of the molecule is CC1(C)COC(C)(C)C1C(C(=O)[O-])C1C=CCCC1. The molecule has 0 radical (unpaired) electrons. The van der Waals surface area contributed by atoms with Crippen molar-refractivity contribution < 1.29 is 14.6 Å². The Labute approximate surface area is 116 Å². The van der Waals surface area contributed by atoms with Gasteiger partial charge in [-0.1, -0.05) is 26.0 Å². The molecule has 0 spiro atoms. The minimum atomic E-state index is -0.923. The summed E-state index contributed by atoms with van der Waals surface area (Å²) in [5, 5.41) is 11.8. The number of hydrogen-bond acceptors (Lipinski definition) is 3. The van der Waals surface area contributed by atoms with Gasteiger partial charge in [-0.3, -0.25) is 0 Å². The van der Waals surface area contributed by atoms with Crippen LogP contribution in [0.5, 0.6) is 0 Å². The zero-order chi connectivity index (χ0) is 14.3. The van der Waals surface area contributed by atoms with Crippen molar-refractivity contribution in [1.29, 1.82) is 0 Å². The Morgan fingerprint density at radius 2 is 2.05 bits per heavy atom. The standard InChI is InChI=1S/C16H26O3/c1-15(2)10-19-16(3,4)13(15)12(14(17)18)11-8-6-5-7-9-11/h6,8,11-13H,5,7,9-10H2,1-4H3,(H,17,18)/p-1. The minimum Gasteiger partial charge on any atom is -0.550 e. The number of ether oxygens (including phenoxy) is 1. The van der Waals surface area contributed by atoms with Crippen molar-refractivity contribution in [3.8, 4) is 0 Å². The van der Waals surface area contributed by atoms with Crippen LogP contribution in [0.4, 0.5) is 0 Å². The lowest BCUT2D eigenvalue weighted by Crippen LogP contribution is -2.50. The minimum absolute atomic E-state index is 0.0160. The molecule has 0 aromatic heterocycles. The molecule has 1 saturated heterocycles. The van der Waals surface area contributed by atoms with E-state index in [0.717, 1.165) is 19.3 Å². The first-order valence-electron chi connectivity index (χ1n) is 7.27. The van der Waals surface area contributed by atoms with Crippen LogP contribution in [-0.2, 0) is 9.53 Å². The smallest absolute Gasteiger partial charge is 0.0667 e. The number of aliphatic carboxylic acids is 1. The highest BCUT2D eigenvalue weighted by Gasteiger charge is 2.53. The highest BCUT2D eigenvalue weighted by atomic mass is 16.5.